The highest BCUT2D eigenvalue weighted by Gasteiger charge is 2.19. The van der Waals surface area contributed by atoms with Gasteiger partial charge in [0.1, 0.15) is 5.82 Å². The Labute approximate surface area is 105 Å². The topological polar surface area (TPSA) is 74.7 Å². The molecule has 0 spiro atoms. The zero-order valence-electron chi connectivity index (χ0n) is 10.1. The molecule has 1 rings (SSSR count). The van der Waals surface area contributed by atoms with Gasteiger partial charge >= 0.3 is 5.97 Å². The Bertz CT molecular complexity index is 554. The molecule has 0 atom stereocenters. The van der Waals surface area contributed by atoms with Crippen molar-refractivity contribution < 1.29 is 22.7 Å². The summed E-state index contributed by atoms with van der Waals surface area (Å²) in [6.07, 6.45) is 0. The van der Waals surface area contributed by atoms with Gasteiger partial charge in [-0.1, -0.05) is 0 Å². The number of nitrogens with zero attached hydrogens (tertiary/aromatic N) is 1. The molecule has 0 bridgehead atoms. The van der Waals surface area contributed by atoms with E-state index in [4.69, 9.17) is 5.11 Å². The number of hydrogen-bond acceptors (Lipinski definition) is 4. The molecule has 0 aliphatic carbocycles. The average Bonchev–Trinajstić information content (AvgIpc) is 2.26. The second kappa shape index (κ2) is 5.45. The van der Waals surface area contributed by atoms with Crippen molar-refractivity contribution in [2.75, 3.05) is 26.4 Å². The summed E-state index contributed by atoms with van der Waals surface area (Å²) in [5.41, 5.74) is -0.638. The summed E-state index contributed by atoms with van der Waals surface area (Å²) in [5, 5.41) is 8.73. The van der Waals surface area contributed by atoms with Crippen LogP contribution in [0.3, 0.4) is 0 Å². The van der Waals surface area contributed by atoms with Crippen LogP contribution in [0.1, 0.15) is 10.4 Å². The number of benzene rings is 1. The molecule has 0 saturated carbocycles. The summed E-state index contributed by atoms with van der Waals surface area (Å²) in [6, 6.07) is 2.78. The highest BCUT2D eigenvalue weighted by atomic mass is 32.2. The van der Waals surface area contributed by atoms with E-state index < -0.39 is 27.2 Å². The Kier molecular flexibility index (Phi) is 4.42. The molecule has 18 heavy (non-hydrogen) atoms. The van der Waals surface area contributed by atoms with E-state index in [-0.39, 0.29) is 10.6 Å². The molecular weight excluding hydrogens is 261 g/mol. The number of carboxylic acid groups (broad SMARTS) is 1. The molecule has 1 aromatic carbocycles. The van der Waals surface area contributed by atoms with Gasteiger partial charge in [-0.2, -0.15) is 0 Å². The second-order valence-electron chi connectivity index (χ2n) is 4.07. The molecule has 1 aromatic rings. The molecule has 0 aliphatic rings. The molecule has 0 radical (unpaired) electrons. The van der Waals surface area contributed by atoms with Gasteiger partial charge in [-0.3, -0.25) is 0 Å². The summed E-state index contributed by atoms with van der Waals surface area (Å²) in [7, 11) is -0.150. The van der Waals surface area contributed by atoms with Gasteiger partial charge in [0, 0.05) is 6.54 Å². The highest BCUT2D eigenvalue weighted by Crippen LogP contribution is 2.16. The third-order valence-electron chi connectivity index (χ3n) is 2.33. The third kappa shape index (κ3) is 3.51. The van der Waals surface area contributed by atoms with Crippen molar-refractivity contribution in [1.29, 1.82) is 0 Å². The number of halogens is 1. The van der Waals surface area contributed by atoms with E-state index in [1.54, 1.807) is 19.0 Å². The maximum Gasteiger partial charge on any atom is 0.338 e. The van der Waals surface area contributed by atoms with Crippen molar-refractivity contribution >= 4 is 15.8 Å². The van der Waals surface area contributed by atoms with E-state index in [0.717, 1.165) is 18.2 Å². The summed E-state index contributed by atoms with van der Waals surface area (Å²) >= 11 is 0. The van der Waals surface area contributed by atoms with Crippen molar-refractivity contribution in [3.63, 3.8) is 0 Å². The van der Waals surface area contributed by atoms with E-state index in [0.29, 0.717) is 6.54 Å². The molecule has 5 nitrogen and oxygen atoms in total. The fraction of sp³-hybridized carbons (Fsp3) is 0.364. The molecule has 0 heterocycles. The molecule has 0 unspecified atom stereocenters. The van der Waals surface area contributed by atoms with Crippen LogP contribution >= 0.6 is 0 Å². The van der Waals surface area contributed by atoms with Crippen LogP contribution in [0.4, 0.5) is 4.39 Å². The summed E-state index contributed by atoms with van der Waals surface area (Å²) in [4.78, 5) is 12.2. The number of rotatable bonds is 5. The summed E-state index contributed by atoms with van der Waals surface area (Å²) in [5.74, 6) is -2.59. The standard InChI is InChI=1S/C11H14FNO4S/c1-13(2)5-6-18(16,17)8-3-4-10(12)9(7-8)11(14)15/h3-4,7H,5-6H2,1-2H3,(H,14,15). The maximum absolute atomic E-state index is 13.1. The average molecular weight is 275 g/mol. The Hall–Kier alpha value is -1.47. The predicted molar refractivity (Wildman–Crippen MR) is 64.0 cm³/mol. The SMILES string of the molecule is CN(C)CCS(=O)(=O)c1ccc(F)c(C(=O)O)c1. The van der Waals surface area contributed by atoms with Gasteiger partial charge in [0.25, 0.3) is 0 Å². The molecule has 0 aliphatic heterocycles. The number of hydrogen-bond donors (Lipinski definition) is 1. The van der Waals surface area contributed by atoms with Crippen LogP contribution in [0.15, 0.2) is 23.1 Å². The lowest BCUT2D eigenvalue weighted by Crippen LogP contribution is -2.22. The molecule has 0 fully saturated rings. The first-order valence-corrected chi connectivity index (χ1v) is 6.79. The minimum atomic E-state index is -3.60. The first-order chi connectivity index (χ1) is 8.24. The third-order valence-corrected chi connectivity index (χ3v) is 4.03. The van der Waals surface area contributed by atoms with Crippen molar-refractivity contribution in [3.05, 3.63) is 29.6 Å². The van der Waals surface area contributed by atoms with E-state index >= 15 is 0 Å². The quantitative estimate of drug-likeness (QED) is 0.807. The number of sulfone groups is 1. The highest BCUT2D eigenvalue weighted by molar-refractivity contribution is 7.91. The molecule has 0 saturated heterocycles. The Morgan fingerprint density at radius 3 is 2.50 bits per heavy atom. The van der Waals surface area contributed by atoms with Gasteiger partial charge in [0.2, 0.25) is 0 Å². The van der Waals surface area contributed by atoms with E-state index in [1.807, 2.05) is 0 Å². The predicted octanol–water partition coefficient (Wildman–Crippen LogP) is 0.859. The largest absolute Gasteiger partial charge is 0.478 e. The number of aromatic carboxylic acids is 1. The van der Waals surface area contributed by atoms with E-state index in [9.17, 15) is 17.6 Å². The minimum Gasteiger partial charge on any atom is -0.478 e. The Morgan fingerprint density at radius 2 is 2.00 bits per heavy atom. The number of carbonyl (C=O) groups is 1. The van der Waals surface area contributed by atoms with Crippen LogP contribution in [-0.2, 0) is 9.84 Å². The lowest BCUT2D eigenvalue weighted by Gasteiger charge is -2.10. The lowest BCUT2D eigenvalue weighted by atomic mass is 10.2. The summed E-state index contributed by atoms with van der Waals surface area (Å²) in [6.45, 7) is 0.308. The second-order valence-corrected chi connectivity index (χ2v) is 6.18. The maximum atomic E-state index is 13.1. The van der Waals surface area contributed by atoms with Crippen LogP contribution < -0.4 is 0 Å². The van der Waals surface area contributed by atoms with Crippen LogP contribution in [-0.4, -0.2) is 50.8 Å². The van der Waals surface area contributed by atoms with Gasteiger partial charge in [-0.05, 0) is 32.3 Å². The lowest BCUT2D eigenvalue weighted by molar-refractivity contribution is 0.0691. The van der Waals surface area contributed by atoms with Crippen molar-refractivity contribution in [1.82, 2.24) is 4.90 Å². The van der Waals surface area contributed by atoms with Crippen LogP contribution in [0.25, 0.3) is 0 Å². The monoisotopic (exact) mass is 275 g/mol. The van der Waals surface area contributed by atoms with Crippen LogP contribution in [0.2, 0.25) is 0 Å². The van der Waals surface area contributed by atoms with Gasteiger partial charge in [0.05, 0.1) is 16.2 Å². The normalized spacial score (nSPS) is 11.8. The van der Waals surface area contributed by atoms with Crippen molar-refractivity contribution in [2.24, 2.45) is 0 Å². The molecule has 100 valence electrons. The van der Waals surface area contributed by atoms with E-state index in [1.165, 1.54) is 0 Å². The van der Waals surface area contributed by atoms with Gasteiger partial charge in [-0.15, -0.1) is 0 Å². The van der Waals surface area contributed by atoms with Crippen LogP contribution in [0, 0.1) is 5.82 Å². The molecule has 0 aromatic heterocycles. The molecule has 7 heteroatoms. The zero-order valence-corrected chi connectivity index (χ0v) is 10.9. The Morgan fingerprint density at radius 1 is 1.39 bits per heavy atom. The minimum absolute atomic E-state index is 0.148. The van der Waals surface area contributed by atoms with Gasteiger partial charge in [-0.25, -0.2) is 17.6 Å². The van der Waals surface area contributed by atoms with Crippen molar-refractivity contribution in [2.45, 2.75) is 4.90 Å². The first-order valence-electron chi connectivity index (χ1n) is 5.14. The fourth-order valence-electron chi connectivity index (χ4n) is 1.28. The van der Waals surface area contributed by atoms with Gasteiger partial charge in [0.15, 0.2) is 9.84 Å². The summed E-state index contributed by atoms with van der Waals surface area (Å²) < 4.78 is 36.9. The van der Waals surface area contributed by atoms with Crippen molar-refractivity contribution in [3.8, 4) is 0 Å². The fourth-order valence-corrected chi connectivity index (χ4v) is 2.70. The molecular formula is C11H14FNO4S. The Balaban J connectivity index is 3.10. The van der Waals surface area contributed by atoms with Crippen LogP contribution in [0.5, 0.6) is 0 Å². The first kappa shape index (κ1) is 14.6. The van der Waals surface area contributed by atoms with E-state index in [2.05, 4.69) is 0 Å². The molecule has 0 amide bonds. The van der Waals surface area contributed by atoms with Gasteiger partial charge < -0.3 is 10.0 Å². The smallest absolute Gasteiger partial charge is 0.338 e. The molecule has 1 N–H and O–H groups in total. The zero-order chi connectivity index (χ0) is 13.9. The number of carboxylic acids is 1.